The predicted molar refractivity (Wildman–Crippen MR) is 83.3 cm³/mol. The van der Waals surface area contributed by atoms with E-state index in [2.05, 4.69) is 36.7 Å². The summed E-state index contributed by atoms with van der Waals surface area (Å²) >= 11 is 0. The second-order valence-corrected chi connectivity index (χ2v) is 5.04. The maximum atomic E-state index is 11.5. The lowest BCUT2D eigenvalue weighted by Crippen LogP contribution is -2.17. The van der Waals surface area contributed by atoms with E-state index in [1.165, 1.54) is 17.0 Å². The highest BCUT2D eigenvalue weighted by atomic mass is 16.1. The van der Waals surface area contributed by atoms with E-state index in [0.29, 0.717) is 6.54 Å². The zero-order chi connectivity index (χ0) is 14.7. The van der Waals surface area contributed by atoms with Gasteiger partial charge in [-0.05, 0) is 45.4 Å². The van der Waals surface area contributed by atoms with Gasteiger partial charge in [0.05, 0.1) is 5.69 Å². The van der Waals surface area contributed by atoms with Crippen LogP contribution >= 0.6 is 0 Å². The Morgan fingerprint density at radius 1 is 1.15 bits per heavy atom. The quantitative estimate of drug-likeness (QED) is 0.909. The van der Waals surface area contributed by atoms with Crippen molar-refractivity contribution < 1.29 is 0 Å². The molecule has 0 aliphatic carbocycles. The summed E-state index contributed by atoms with van der Waals surface area (Å²) in [6, 6.07) is 5.68. The molecule has 20 heavy (non-hydrogen) atoms. The molecule has 2 rings (SSSR count). The van der Waals surface area contributed by atoms with Crippen LogP contribution in [0.1, 0.15) is 30.8 Å². The molecule has 2 aromatic heterocycles. The second-order valence-electron chi connectivity index (χ2n) is 5.04. The summed E-state index contributed by atoms with van der Waals surface area (Å²) in [7, 11) is 0. The van der Waals surface area contributed by atoms with Crippen LogP contribution in [-0.2, 0) is 19.6 Å². The first-order valence-electron chi connectivity index (χ1n) is 7.16. The zero-order valence-electron chi connectivity index (χ0n) is 12.7. The van der Waals surface area contributed by atoms with Gasteiger partial charge < -0.3 is 14.5 Å². The topological polar surface area (TPSA) is 39.0 Å². The van der Waals surface area contributed by atoms with Gasteiger partial charge in [-0.1, -0.05) is 0 Å². The van der Waals surface area contributed by atoms with Crippen molar-refractivity contribution in [2.75, 3.05) is 5.32 Å². The highest BCUT2D eigenvalue weighted by Gasteiger charge is 2.07. The highest BCUT2D eigenvalue weighted by molar-refractivity contribution is 5.42. The van der Waals surface area contributed by atoms with Crippen LogP contribution in [0.3, 0.4) is 0 Å². The molecule has 0 unspecified atom stereocenters. The Bertz CT molecular complexity index is 652. The van der Waals surface area contributed by atoms with Crippen molar-refractivity contribution in [3.63, 3.8) is 0 Å². The van der Waals surface area contributed by atoms with E-state index in [1.807, 2.05) is 19.2 Å². The molecule has 2 heterocycles. The summed E-state index contributed by atoms with van der Waals surface area (Å²) in [5.74, 6) is 0. The van der Waals surface area contributed by atoms with Crippen molar-refractivity contribution in [3.8, 4) is 0 Å². The highest BCUT2D eigenvalue weighted by Crippen LogP contribution is 2.16. The van der Waals surface area contributed by atoms with Gasteiger partial charge in [0, 0.05) is 43.3 Å². The van der Waals surface area contributed by atoms with Crippen molar-refractivity contribution in [3.05, 3.63) is 51.7 Å². The number of hydrogen-bond acceptors (Lipinski definition) is 2. The lowest BCUT2D eigenvalue weighted by Gasteiger charge is -2.10. The standard InChI is InChI=1S/C16H23N3O/c1-5-18-11-15(7-8-16(18)20)17-10-14-9-12(3)19(6-2)13(14)4/h7-9,11,17H,5-6,10H2,1-4H3. The SMILES string of the molecule is CCn1c(C)cc(CNc2ccc(=O)n(CC)c2)c1C. The number of rotatable bonds is 5. The summed E-state index contributed by atoms with van der Waals surface area (Å²) < 4.78 is 4.02. The predicted octanol–water partition coefficient (Wildman–Crippen LogP) is 2.92. The average molecular weight is 273 g/mol. The smallest absolute Gasteiger partial charge is 0.250 e. The van der Waals surface area contributed by atoms with Crippen LogP contribution in [0.25, 0.3) is 0 Å². The van der Waals surface area contributed by atoms with E-state index >= 15 is 0 Å². The van der Waals surface area contributed by atoms with E-state index in [9.17, 15) is 4.79 Å². The first-order chi connectivity index (χ1) is 9.56. The fraction of sp³-hybridized carbons (Fsp3) is 0.438. The fourth-order valence-corrected chi connectivity index (χ4v) is 2.62. The van der Waals surface area contributed by atoms with Crippen molar-refractivity contribution in [1.82, 2.24) is 9.13 Å². The molecule has 4 nitrogen and oxygen atoms in total. The zero-order valence-corrected chi connectivity index (χ0v) is 12.7. The minimum atomic E-state index is 0.0437. The Morgan fingerprint density at radius 2 is 1.90 bits per heavy atom. The van der Waals surface area contributed by atoms with E-state index in [4.69, 9.17) is 0 Å². The third-order valence-electron chi connectivity index (χ3n) is 3.80. The van der Waals surface area contributed by atoms with Gasteiger partial charge in [0.2, 0.25) is 0 Å². The molecule has 0 fully saturated rings. The Morgan fingerprint density at radius 3 is 2.50 bits per heavy atom. The molecule has 108 valence electrons. The fourth-order valence-electron chi connectivity index (χ4n) is 2.62. The Balaban J connectivity index is 2.15. The van der Waals surface area contributed by atoms with Crippen LogP contribution in [0.2, 0.25) is 0 Å². The normalized spacial score (nSPS) is 10.8. The van der Waals surface area contributed by atoms with Crippen molar-refractivity contribution >= 4 is 5.69 Å². The van der Waals surface area contributed by atoms with E-state index in [-0.39, 0.29) is 5.56 Å². The number of pyridine rings is 1. The summed E-state index contributed by atoms with van der Waals surface area (Å²) in [4.78, 5) is 11.5. The Hall–Kier alpha value is -1.97. The lowest BCUT2D eigenvalue weighted by molar-refractivity contribution is 0.715. The van der Waals surface area contributed by atoms with Crippen LogP contribution < -0.4 is 10.9 Å². The van der Waals surface area contributed by atoms with Gasteiger partial charge in [0.25, 0.3) is 5.56 Å². The number of nitrogens with one attached hydrogen (secondary N) is 1. The molecule has 4 heteroatoms. The molecule has 2 aromatic rings. The van der Waals surface area contributed by atoms with E-state index < -0.39 is 0 Å². The largest absolute Gasteiger partial charge is 0.380 e. The molecular formula is C16H23N3O. The van der Waals surface area contributed by atoms with Gasteiger partial charge in [-0.25, -0.2) is 0 Å². The maximum absolute atomic E-state index is 11.5. The van der Waals surface area contributed by atoms with Gasteiger partial charge in [-0.2, -0.15) is 0 Å². The molecule has 0 bridgehead atoms. The summed E-state index contributed by atoms with van der Waals surface area (Å²) in [5.41, 5.74) is 4.93. The monoisotopic (exact) mass is 273 g/mol. The molecule has 0 saturated carbocycles. The van der Waals surface area contributed by atoms with Gasteiger partial charge in [-0.15, -0.1) is 0 Å². The first-order valence-corrected chi connectivity index (χ1v) is 7.16. The molecule has 0 spiro atoms. The number of hydrogen-bond donors (Lipinski definition) is 1. The molecule has 0 aliphatic heterocycles. The Labute approximate surface area is 120 Å². The van der Waals surface area contributed by atoms with Crippen molar-refractivity contribution in [1.29, 1.82) is 0 Å². The van der Waals surface area contributed by atoms with Gasteiger partial charge in [0.15, 0.2) is 0 Å². The van der Waals surface area contributed by atoms with Crippen LogP contribution in [-0.4, -0.2) is 9.13 Å². The molecule has 0 aliphatic rings. The minimum Gasteiger partial charge on any atom is -0.380 e. The molecule has 0 atom stereocenters. The van der Waals surface area contributed by atoms with Gasteiger partial charge >= 0.3 is 0 Å². The maximum Gasteiger partial charge on any atom is 0.250 e. The summed E-state index contributed by atoms with van der Waals surface area (Å²) in [6.45, 7) is 10.9. The first kappa shape index (κ1) is 14.4. The van der Waals surface area contributed by atoms with Crippen molar-refractivity contribution in [2.24, 2.45) is 0 Å². The second kappa shape index (κ2) is 5.99. The average Bonchev–Trinajstić information content (AvgIpc) is 2.72. The summed E-state index contributed by atoms with van der Waals surface area (Å²) in [6.07, 6.45) is 1.88. The molecular weight excluding hydrogens is 250 g/mol. The minimum absolute atomic E-state index is 0.0437. The molecule has 0 saturated heterocycles. The van der Waals surface area contributed by atoms with E-state index in [1.54, 1.807) is 10.6 Å². The number of anilines is 1. The number of aryl methyl sites for hydroxylation is 2. The van der Waals surface area contributed by atoms with Gasteiger partial charge in [-0.3, -0.25) is 4.79 Å². The van der Waals surface area contributed by atoms with E-state index in [0.717, 1.165) is 18.8 Å². The molecule has 1 N–H and O–H groups in total. The van der Waals surface area contributed by atoms with Crippen molar-refractivity contribution in [2.45, 2.75) is 47.3 Å². The third-order valence-corrected chi connectivity index (χ3v) is 3.80. The molecule has 0 amide bonds. The lowest BCUT2D eigenvalue weighted by atomic mass is 10.2. The Kier molecular flexibility index (Phi) is 4.32. The number of nitrogens with zero attached hydrogens (tertiary/aromatic N) is 2. The van der Waals surface area contributed by atoms with Gasteiger partial charge in [0.1, 0.15) is 0 Å². The van der Waals surface area contributed by atoms with Crippen LogP contribution in [0, 0.1) is 13.8 Å². The third kappa shape index (κ3) is 2.79. The number of aromatic nitrogens is 2. The van der Waals surface area contributed by atoms with Crippen LogP contribution in [0.5, 0.6) is 0 Å². The van der Waals surface area contributed by atoms with Crippen LogP contribution in [0.15, 0.2) is 29.2 Å². The summed E-state index contributed by atoms with van der Waals surface area (Å²) in [5, 5.41) is 3.40. The van der Waals surface area contributed by atoms with Crippen LogP contribution in [0.4, 0.5) is 5.69 Å². The molecule has 0 radical (unpaired) electrons. The molecule has 0 aromatic carbocycles.